The molecule has 2 aliphatic heterocycles. The highest BCUT2D eigenvalue weighted by molar-refractivity contribution is 9.10. The number of anilines is 1. The van der Waals surface area contributed by atoms with E-state index in [2.05, 4.69) is 33.0 Å². The van der Waals surface area contributed by atoms with Crippen molar-refractivity contribution in [3.05, 3.63) is 87.9 Å². The molecule has 0 unspecified atom stereocenters. The monoisotopic (exact) mass is 520 g/mol. The minimum absolute atomic E-state index is 0.156. The molecular formula is C27H25BrN2O4. The largest absolute Gasteiger partial charge is 0.493 e. The van der Waals surface area contributed by atoms with Crippen LogP contribution in [0.15, 0.2) is 71.2 Å². The summed E-state index contributed by atoms with van der Waals surface area (Å²) < 4.78 is 12.1. The summed E-state index contributed by atoms with van der Waals surface area (Å²) in [6.45, 7) is 0.648. The van der Waals surface area contributed by atoms with Crippen molar-refractivity contribution in [2.24, 2.45) is 0 Å². The van der Waals surface area contributed by atoms with E-state index >= 15 is 0 Å². The number of nitrogens with zero attached hydrogens (tertiary/aromatic N) is 2. The third-order valence-electron chi connectivity index (χ3n) is 6.63. The molecule has 174 valence electrons. The topological polar surface area (TPSA) is 59.1 Å². The van der Waals surface area contributed by atoms with Crippen LogP contribution in [0.2, 0.25) is 0 Å². The molecule has 3 aromatic carbocycles. The van der Waals surface area contributed by atoms with Gasteiger partial charge in [-0.05, 0) is 59.5 Å². The van der Waals surface area contributed by atoms with Gasteiger partial charge in [-0.15, -0.1) is 0 Å². The van der Waals surface area contributed by atoms with Gasteiger partial charge in [-0.1, -0.05) is 46.3 Å². The average Bonchev–Trinajstić information content (AvgIpc) is 3.16. The zero-order valence-electron chi connectivity index (χ0n) is 19.0. The summed E-state index contributed by atoms with van der Waals surface area (Å²) in [6, 6.07) is 20.6. The molecule has 2 amide bonds. The Hall–Kier alpha value is -3.16. The van der Waals surface area contributed by atoms with Crippen LogP contribution in [0.25, 0.3) is 0 Å². The van der Waals surface area contributed by atoms with E-state index in [1.54, 1.807) is 26.4 Å². The number of carbonyl (C=O) groups is 2. The number of para-hydroxylation sites is 1. The molecule has 0 N–H and O–H groups in total. The molecule has 6 nitrogen and oxygen atoms in total. The molecule has 0 saturated carbocycles. The molecule has 0 aliphatic carbocycles. The molecule has 2 heterocycles. The zero-order chi connectivity index (χ0) is 23.8. The van der Waals surface area contributed by atoms with Gasteiger partial charge in [0.25, 0.3) is 5.91 Å². The van der Waals surface area contributed by atoms with Crippen LogP contribution in [0.5, 0.6) is 11.5 Å². The van der Waals surface area contributed by atoms with Crippen molar-refractivity contribution in [3.8, 4) is 11.5 Å². The first-order valence-electron chi connectivity index (χ1n) is 11.2. The number of benzene rings is 3. The summed E-state index contributed by atoms with van der Waals surface area (Å²) in [5.41, 5.74) is 3.88. The molecule has 0 radical (unpaired) electrons. The number of imide groups is 1. The predicted molar refractivity (Wildman–Crippen MR) is 133 cm³/mol. The third-order valence-corrected chi connectivity index (χ3v) is 7.16. The molecule has 34 heavy (non-hydrogen) atoms. The molecular weight excluding hydrogens is 496 g/mol. The van der Waals surface area contributed by atoms with Gasteiger partial charge in [0.05, 0.1) is 38.4 Å². The standard InChI is InChI=1S/C27H25BrN2O4/c1-33-23-14-18-12-13-29(22-16-25(31)30(27(22)32)20-6-4-3-5-7-20)26(21(18)15-24(23)34-2)17-8-10-19(28)11-9-17/h3-11,14-15,22,26H,12-13,16H2,1-2H3/t22-,26+/m1/s1. The number of amides is 2. The second kappa shape index (κ2) is 9.24. The van der Waals surface area contributed by atoms with Crippen LogP contribution in [-0.4, -0.2) is 43.5 Å². The highest BCUT2D eigenvalue weighted by Crippen LogP contribution is 2.43. The number of carbonyl (C=O) groups excluding carboxylic acids is 2. The van der Waals surface area contributed by atoms with Gasteiger partial charge in [-0.25, -0.2) is 4.90 Å². The van der Waals surface area contributed by atoms with Crippen molar-refractivity contribution < 1.29 is 19.1 Å². The van der Waals surface area contributed by atoms with E-state index in [4.69, 9.17) is 9.47 Å². The Kier molecular flexibility index (Phi) is 6.15. The minimum atomic E-state index is -0.539. The van der Waals surface area contributed by atoms with Crippen molar-refractivity contribution in [1.29, 1.82) is 0 Å². The molecule has 0 aromatic heterocycles. The van der Waals surface area contributed by atoms with Crippen molar-refractivity contribution in [2.45, 2.75) is 24.9 Å². The van der Waals surface area contributed by atoms with E-state index in [0.29, 0.717) is 23.7 Å². The fourth-order valence-electron chi connectivity index (χ4n) is 5.04. The number of methoxy groups -OCH3 is 2. The van der Waals surface area contributed by atoms with Gasteiger partial charge in [0.1, 0.15) is 0 Å². The number of ether oxygens (including phenoxy) is 2. The van der Waals surface area contributed by atoms with Crippen molar-refractivity contribution in [3.63, 3.8) is 0 Å². The summed E-state index contributed by atoms with van der Waals surface area (Å²) in [7, 11) is 3.25. The summed E-state index contributed by atoms with van der Waals surface area (Å²) in [6.07, 6.45) is 0.898. The van der Waals surface area contributed by atoms with Crippen molar-refractivity contribution in [2.75, 3.05) is 25.7 Å². The quantitative estimate of drug-likeness (QED) is 0.454. The van der Waals surface area contributed by atoms with Crippen molar-refractivity contribution in [1.82, 2.24) is 4.90 Å². The van der Waals surface area contributed by atoms with Gasteiger partial charge >= 0.3 is 0 Å². The molecule has 2 aliphatic rings. The molecule has 2 atom stereocenters. The number of hydrogen-bond donors (Lipinski definition) is 0. The Balaban J connectivity index is 1.59. The summed E-state index contributed by atoms with van der Waals surface area (Å²) >= 11 is 3.52. The van der Waals surface area contributed by atoms with E-state index in [1.807, 2.05) is 42.5 Å². The van der Waals surface area contributed by atoms with Crippen LogP contribution in [0, 0.1) is 0 Å². The summed E-state index contributed by atoms with van der Waals surface area (Å²) in [5, 5.41) is 0. The maximum Gasteiger partial charge on any atom is 0.251 e. The lowest BCUT2D eigenvalue weighted by Crippen LogP contribution is -2.47. The second-order valence-electron chi connectivity index (χ2n) is 8.47. The first-order chi connectivity index (χ1) is 16.5. The fraction of sp³-hybridized carbons (Fsp3) is 0.259. The van der Waals surface area contributed by atoms with Gasteiger partial charge in [-0.2, -0.15) is 0 Å². The summed E-state index contributed by atoms with van der Waals surface area (Å²) in [4.78, 5) is 30.1. The van der Waals surface area contributed by atoms with Crippen molar-refractivity contribution >= 4 is 33.4 Å². The third kappa shape index (κ3) is 3.89. The first kappa shape index (κ1) is 22.6. The van der Waals surface area contributed by atoms with Gasteiger partial charge in [0.2, 0.25) is 5.91 Å². The number of rotatable bonds is 5. The first-order valence-corrected chi connectivity index (χ1v) is 12.0. The Bertz CT molecular complexity index is 1230. The molecule has 0 spiro atoms. The molecule has 5 rings (SSSR count). The van der Waals surface area contributed by atoms with Gasteiger partial charge in [-0.3, -0.25) is 14.5 Å². The minimum Gasteiger partial charge on any atom is -0.493 e. The highest BCUT2D eigenvalue weighted by Gasteiger charge is 2.46. The predicted octanol–water partition coefficient (Wildman–Crippen LogP) is 4.75. The maximum atomic E-state index is 13.6. The lowest BCUT2D eigenvalue weighted by atomic mass is 9.86. The van der Waals surface area contributed by atoms with Crippen LogP contribution in [-0.2, 0) is 16.0 Å². The van der Waals surface area contributed by atoms with E-state index in [1.165, 1.54) is 4.90 Å². The normalized spacial score (nSPS) is 20.4. The smallest absolute Gasteiger partial charge is 0.251 e. The fourth-order valence-corrected chi connectivity index (χ4v) is 5.30. The highest BCUT2D eigenvalue weighted by atomic mass is 79.9. The molecule has 7 heteroatoms. The van der Waals surface area contributed by atoms with Crippen LogP contribution >= 0.6 is 15.9 Å². The van der Waals surface area contributed by atoms with E-state index in [-0.39, 0.29) is 24.3 Å². The second-order valence-corrected chi connectivity index (χ2v) is 9.39. The number of fused-ring (bicyclic) bond motifs is 1. The van der Waals surface area contributed by atoms with E-state index < -0.39 is 6.04 Å². The average molecular weight is 521 g/mol. The molecule has 0 bridgehead atoms. The van der Waals surface area contributed by atoms with Crippen LogP contribution in [0.4, 0.5) is 5.69 Å². The lowest BCUT2D eigenvalue weighted by Gasteiger charge is -2.40. The Morgan fingerprint density at radius 2 is 1.59 bits per heavy atom. The molecule has 1 saturated heterocycles. The number of hydrogen-bond acceptors (Lipinski definition) is 5. The Morgan fingerprint density at radius 3 is 2.26 bits per heavy atom. The maximum absolute atomic E-state index is 13.6. The molecule has 3 aromatic rings. The SMILES string of the molecule is COc1cc2c(cc1OC)[C@H](c1ccc(Br)cc1)N([C@@H]1CC(=O)N(c3ccccc3)C1=O)CC2. The van der Waals surface area contributed by atoms with Gasteiger partial charge in [0, 0.05) is 11.0 Å². The molecule has 1 fully saturated rings. The van der Waals surface area contributed by atoms with E-state index in [9.17, 15) is 9.59 Å². The zero-order valence-corrected chi connectivity index (χ0v) is 20.6. The Morgan fingerprint density at radius 1 is 0.912 bits per heavy atom. The summed E-state index contributed by atoms with van der Waals surface area (Å²) in [5.74, 6) is 0.979. The van der Waals surface area contributed by atoms with Gasteiger partial charge in [0.15, 0.2) is 11.5 Å². The van der Waals surface area contributed by atoms with Crippen LogP contribution in [0.1, 0.15) is 29.2 Å². The van der Waals surface area contributed by atoms with E-state index in [0.717, 1.165) is 27.6 Å². The Labute approximate surface area is 207 Å². The number of halogens is 1. The van der Waals surface area contributed by atoms with Gasteiger partial charge < -0.3 is 9.47 Å². The lowest BCUT2D eigenvalue weighted by molar-refractivity contribution is -0.123. The van der Waals surface area contributed by atoms with Crippen LogP contribution < -0.4 is 14.4 Å². The van der Waals surface area contributed by atoms with Crippen LogP contribution in [0.3, 0.4) is 0 Å².